The number of hydrogen-bond acceptors (Lipinski definition) is 2. The fourth-order valence-corrected chi connectivity index (χ4v) is 1.56. The monoisotopic (exact) mass is 183 g/mol. The fraction of sp³-hybridized carbons (Fsp3) is 0.800. The molecule has 0 spiro atoms. The van der Waals surface area contributed by atoms with Crippen molar-refractivity contribution in [2.75, 3.05) is 13.6 Å². The summed E-state index contributed by atoms with van der Waals surface area (Å²) < 4.78 is 0. The summed E-state index contributed by atoms with van der Waals surface area (Å²) in [6, 6.07) is 0. The number of rotatable bonds is 3. The smallest absolute Gasteiger partial charge is 0.225 e. The third-order valence-electron chi connectivity index (χ3n) is 2.63. The molecule has 1 rings (SSSR count). The quantitative estimate of drug-likeness (QED) is 0.656. The SMILES string of the molecule is CC(C)C(=O)CC1CCN(C)C1=O. The molecule has 3 heteroatoms. The summed E-state index contributed by atoms with van der Waals surface area (Å²) in [6.07, 6.45) is 1.27. The van der Waals surface area contributed by atoms with Gasteiger partial charge < -0.3 is 4.90 Å². The molecule has 0 aromatic heterocycles. The van der Waals surface area contributed by atoms with Crippen molar-refractivity contribution < 1.29 is 9.59 Å². The Hall–Kier alpha value is -0.860. The van der Waals surface area contributed by atoms with Gasteiger partial charge in [0.2, 0.25) is 5.91 Å². The van der Waals surface area contributed by atoms with E-state index in [1.54, 1.807) is 11.9 Å². The van der Waals surface area contributed by atoms with Crippen LogP contribution in [0.3, 0.4) is 0 Å². The van der Waals surface area contributed by atoms with Crippen molar-refractivity contribution in [1.29, 1.82) is 0 Å². The molecule has 1 atom stereocenters. The highest BCUT2D eigenvalue weighted by Crippen LogP contribution is 2.21. The lowest BCUT2D eigenvalue weighted by atomic mass is 9.95. The highest BCUT2D eigenvalue weighted by molar-refractivity contribution is 5.88. The first-order valence-corrected chi connectivity index (χ1v) is 4.80. The molecule has 0 radical (unpaired) electrons. The van der Waals surface area contributed by atoms with Gasteiger partial charge in [0.05, 0.1) is 0 Å². The Morgan fingerprint density at radius 3 is 2.62 bits per heavy atom. The molecule has 0 aromatic carbocycles. The van der Waals surface area contributed by atoms with Crippen LogP contribution >= 0.6 is 0 Å². The van der Waals surface area contributed by atoms with Gasteiger partial charge in [0.1, 0.15) is 5.78 Å². The first kappa shape index (κ1) is 10.2. The van der Waals surface area contributed by atoms with Crippen molar-refractivity contribution in [1.82, 2.24) is 4.90 Å². The molecule has 1 amide bonds. The lowest BCUT2D eigenvalue weighted by Crippen LogP contribution is -2.24. The van der Waals surface area contributed by atoms with Gasteiger partial charge >= 0.3 is 0 Å². The van der Waals surface area contributed by atoms with Crippen LogP contribution in [-0.4, -0.2) is 30.2 Å². The molecule has 0 bridgehead atoms. The Labute approximate surface area is 79.1 Å². The van der Waals surface area contributed by atoms with Crippen LogP contribution in [0.4, 0.5) is 0 Å². The molecule has 0 aliphatic carbocycles. The minimum atomic E-state index is -0.0418. The van der Waals surface area contributed by atoms with E-state index in [1.165, 1.54) is 0 Å². The highest BCUT2D eigenvalue weighted by Gasteiger charge is 2.30. The number of likely N-dealkylation sites (tertiary alicyclic amines) is 1. The first-order valence-electron chi connectivity index (χ1n) is 4.80. The van der Waals surface area contributed by atoms with Gasteiger partial charge in [-0.2, -0.15) is 0 Å². The van der Waals surface area contributed by atoms with Crippen molar-refractivity contribution >= 4 is 11.7 Å². The molecule has 0 aromatic rings. The zero-order chi connectivity index (χ0) is 10.0. The minimum absolute atomic E-state index is 0.0418. The van der Waals surface area contributed by atoms with E-state index in [-0.39, 0.29) is 23.5 Å². The molecule has 1 heterocycles. The summed E-state index contributed by atoms with van der Waals surface area (Å²) in [5.74, 6) is 0.348. The third-order valence-corrected chi connectivity index (χ3v) is 2.63. The van der Waals surface area contributed by atoms with Gasteiger partial charge in [0.15, 0.2) is 0 Å². The molecule has 3 nitrogen and oxygen atoms in total. The molecular formula is C10H17NO2. The van der Waals surface area contributed by atoms with E-state index < -0.39 is 0 Å². The minimum Gasteiger partial charge on any atom is -0.345 e. The fourth-order valence-electron chi connectivity index (χ4n) is 1.56. The van der Waals surface area contributed by atoms with E-state index >= 15 is 0 Å². The maximum Gasteiger partial charge on any atom is 0.225 e. The number of amides is 1. The van der Waals surface area contributed by atoms with Crippen LogP contribution in [0.15, 0.2) is 0 Å². The zero-order valence-corrected chi connectivity index (χ0v) is 8.54. The maximum atomic E-state index is 11.4. The molecular weight excluding hydrogens is 166 g/mol. The number of carbonyl (C=O) groups excluding carboxylic acids is 2. The van der Waals surface area contributed by atoms with Crippen molar-refractivity contribution in [2.24, 2.45) is 11.8 Å². The molecule has 1 fully saturated rings. The zero-order valence-electron chi connectivity index (χ0n) is 8.54. The van der Waals surface area contributed by atoms with Gasteiger partial charge in [-0.15, -0.1) is 0 Å². The summed E-state index contributed by atoms with van der Waals surface area (Å²) in [4.78, 5) is 24.5. The number of hydrogen-bond donors (Lipinski definition) is 0. The topological polar surface area (TPSA) is 37.4 Å². The van der Waals surface area contributed by atoms with E-state index in [9.17, 15) is 9.59 Å². The van der Waals surface area contributed by atoms with Gasteiger partial charge in [0.25, 0.3) is 0 Å². The largest absolute Gasteiger partial charge is 0.345 e. The highest BCUT2D eigenvalue weighted by atomic mass is 16.2. The van der Waals surface area contributed by atoms with E-state index in [2.05, 4.69) is 0 Å². The van der Waals surface area contributed by atoms with E-state index in [0.29, 0.717) is 6.42 Å². The van der Waals surface area contributed by atoms with Gasteiger partial charge in [-0.05, 0) is 6.42 Å². The molecule has 74 valence electrons. The second-order valence-corrected chi connectivity index (χ2v) is 4.07. The van der Waals surface area contributed by atoms with Crippen LogP contribution < -0.4 is 0 Å². The van der Waals surface area contributed by atoms with Crippen LogP contribution in [0, 0.1) is 11.8 Å². The second-order valence-electron chi connectivity index (χ2n) is 4.07. The van der Waals surface area contributed by atoms with Gasteiger partial charge in [-0.1, -0.05) is 13.8 Å². The van der Waals surface area contributed by atoms with Gasteiger partial charge in [-0.25, -0.2) is 0 Å². The standard InChI is InChI=1S/C10H17NO2/c1-7(2)9(12)6-8-4-5-11(3)10(8)13/h7-8H,4-6H2,1-3H3. The summed E-state index contributed by atoms with van der Waals surface area (Å²) in [6.45, 7) is 4.56. The molecule has 0 saturated carbocycles. The number of ketones is 1. The van der Waals surface area contributed by atoms with Crippen molar-refractivity contribution in [3.8, 4) is 0 Å². The molecule has 13 heavy (non-hydrogen) atoms. The summed E-state index contributed by atoms with van der Waals surface area (Å²) in [5.41, 5.74) is 0. The normalized spacial score (nSPS) is 22.9. The Morgan fingerprint density at radius 1 is 1.62 bits per heavy atom. The predicted octanol–water partition coefficient (Wildman–Crippen LogP) is 1.08. The predicted molar refractivity (Wildman–Crippen MR) is 50.2 cm³/mol. The van der Waals surface area contributed by atoms with Crippen molar-refractivity contribution in [3.05, 3.63) is 0 Å². The van der Waals surface area contributed by atoms with E-state index in [0.717, 1.165) is 13.0 Å². The number of Topliss-reactive ketones (excluding diaryl/α,β-unsaturated/α-hetero) is 1. The lowest BCUT2D eigenvalue weighted by Gasteiger charge is -2.10. The van der Waals surface area contributed by atoms with E-state index in [1.807, 2.05) is 13.8 Å². The number of carbonyl (C=O) groups is 2. The Kier molecular flexibility index (Phi) is 3.07. The Balaban J connectivity index is 2.47. The van der Waals surface area contributed by atoms with Crippen LogP contribution in [0.2, 0.25) is 0 Å². The van der Waals surface area contributed by atoms with Crippen LogP contribution in [0.5, 0.6) is 0 Å². The van der Waals surface area contributed by atoms with Gasteiger partial charge in [-0.3, -0.25) is 9.59 Å². The molecule has 1 aliphatic heterocycles. The van der Waals surface area contributed by atoms with E-state index in [4.69, 9.17) is 0 Å². The summed E-state index contributed by atoms with van der Waals surface area (Å²) in [5, 5.41) is 0. The molecule has 0 N–H and O–H groups in total. The molecule has 1 unspecified atom stereocenters. The average Bonchev–Trinajstić information content (AvgIpc) is 2.36. The number of nitrogens with zero attached hydrogens (tertiary/aromatic N) is 1. The average molecular weight is 183 g/mol. The maximum absolute atomic E-state index is 11.4. The summed E-state index contributed by atoms with van der Waals surface area (Å²) in [7, 11) is 1.79. The Morgan fingerprint density at radius 2 is 2.23 bits per heavy atom. The first-order chi connectivity index (χ1) is 6.02. The third kappa shape index (κ3) is 2.29. The second kappa shape index (κ2) is 3.90. The van der Waals surface area contributed by atoms with Crippen molar-refractivity contribution in [2.45, 2.75) is 26.7 Å². The molecule has 1 aliphatic rings. The van der Waals surface area contributed by atoms with Crippen LogP contribution in [0.25, 0.3) is 0 Å². The van der Waals surface area contributed by atoms with Crippen LogP contribution in [0.1, 0.15) is 26.7 Å². The summed E-state index contributed by atoms with van der Waals surface area (Å²) >= 11 is 0. The van der Waals surface area contributed by atoms with Crippen LogP contribution in [-0.2, 0) is 9.59 Å². The Bertz CT molecular complexity index is 223. The lowest BCUT2D eigenvalue weighted by molar-refractivity contribution is -0.133. The van der Waals surface area contributed by atoms with Gasteiger partial charge in [0, 0.05) is 31.8 Å². The molecule has 1 saturated heterocycles. The van der Waals surface area contributed by atoms with Crippen molar-refractivity contribution in [3.63, 3.8) is 0 Å².